The number of carbonyl (C=O) groups is 2. The number of nitrogens with one attached hydrogen (secondary N) is 2. The molecule has 0 saturated heterocycles. The van der Waals surface area contributed by atoms with E-state index in [1.54, 1.807) is 6.26 Å². The highest BCUT2D eigenvalue weighted by atomic mass is 16.5. The monoisotopic (exact) mass is 282 g/mol. The van der Waals surface area contributed by atoms with Crippen LogP contribution in [0.1, 0.15) is 26.0 Å². The van der Waals surface area contributed by atoms with Crippen LogP contribution in [-0.2, 0) is 20.7 Å². The van der Waals surface area contributed by atoms with E-state index in [0.717, 1.165) is 18.6 Å². The van der Waals surface area contributed by atoms with Gasteiger partial charge in [-0.05, 0) is 25.5 Å². The molecule has 20 heavy (non-hydrogen) atoms. The number of hydrogen-bond acceptors (Lipinski definition) is 5. The number of furan rings is 1. The number of carbonyl (C=O) groups excluding carboxylic acids is 2. The Morgan fingerprint density at radius 2 is 2.20 bits per heavy atom. The number of aryl methyl sites for hydroxylation is 1. The lowest BCUT2D eigenvalue weighted by Gasteiger charge is -2.19. The van der Waals surface area contributed by atoms with Gasteiger partial charge < -0.3 is 19.8 Å². The van der Waals surface area contributed by atoms with E-state index >= 15 is 0 Å². The molecule has 0 aliphatic heterocycles. The summed E-state index contributed by atoms with van der Waals surface area (Å²) in [5, 5.41) is 5.77. The van der Waals surface area contributed by atoms with Gasteiger partial charge in [0.2, 0.25) is 5.91 Å². The molecule has 112 valence electrons. The van der Waals surface area contributed by atoms with Crippen LogP contribution in [0.3, 0.4) is 0 Å². The van der Waals surface area contributed by atoms with Crippen molar-refractivity contribution in [1.29, 1.82) is 0 Å². The molecule has 1 aromatic rings. The number of amides is 1. The molecule has 2 N–H and O–H groups in total. The second kappa shape index (κ2) is 8.37. The van der Waals surface area contributed by atoms with Gasteiger partial charge in [-0.25, -0.2) is 4.79 Å². The summed E-state index contributed by atoms with van der Waals surface area (Å²) in [5.74, 6) is 0.224. The van der Waals surface area contributed by atoms with Crippen LogP contribution < -0.4 is 10.6 Å². The third-order valence-corrected chi connectivity index (χ3v) is 2.94. The fourth-order valence-corrected chi connectivity index (χ4v) is 1.82. The van der Waals surface area contributed by atoms with Crippen molar-refractivity contribution in [2.75, 3.05) is 13.7 Å². The van der Waals surface area contributed by atoms with Gasteiger partial charge in [0.15, 0.2) is 0 Å². The Morgan fingerprint density at radius 1 is 1.45 bits per heavy atom. The molecule has 6 nitrogen and oxygen atoms in total. The summed E-state index contributed by atoms with van der Waals surface area (Å²) in [6.45, 7) is 3.73. The van der Waals surface area contributed by atoms with E-state index in [-0.39, 0.29) is 11.9 Å². The molecule has 0 aromatic carbocycles. The molecule has 0 bridgehead atoms. The minimum Gasteiger partial charge on any atom is -0.469 e. The highest BCUT2D eigenvalue weighted by Gasteiger charge is 2.20. The number of rotatable bonds is 8. The van der Waals surface area contributed by atoms with Crippen LogP contribution in [0.2, 0.25) is 0 Å². The highest BCUT2D eigenvalue weighted by molar-refractivity contribution is 5.83. The van der Waals surface area contributed by atoms with Crippen molar-refractivity contribution < 1.29 is 18.7 Å². The van der Waals surface area contributed by atoms with Gasteiger partial charge in [-0.3, -0.25) is 4.79 Å². The zero-order valence-corrected chi connectivity index (χ0v) is 12.1. The Balaban J connectivity index is 2.33. The first-order chi connectivity index (χ1) is 9.52. The van der Waals surface area contributed by atoms with Crippen LogP contribution in [0, 0.1) is 0 Å². The topological polar surface area (TPSA) is 80.6 Å². The summed E-state index contributed by atoms with van der Waals surface area (Å²) in [6, 6.07) is 3.32. The maximum atomic E-state index is 11.5. The molecule has 1 rings (SSSR count). The number of hydrogen-bond donors (Lipinski definition) is 2. The first kappa shape index (κ1) is 16.2. The molecule has 0 radical (unpaired) electrons. The fraction of sp³-hybridized carbons (Fsp3) is 0.571. The molecule has 0 fully saturated rings. The first-order valence-corrected chi connectivity index (χ1v) is 6.63. The van der Waals surface area contributed by atoms with Crippen LogP contribution in [0.5, 0.6) is 0 Å². The fourth-order valence-electron chi connectivity index (χ4n) is 1.82. The van der Waals surface area contributed by atoms with E-state index in [1.807, 2.05) is 19.1 Å². The Bertz CT molecular complexity index is 417. The lowest BCUT2D eigenvalue weighted by atomic mass is 10.1. The normalized spacial score (nSPS) is 13.6. The number of methoxy groups -OCH3 is 1. The highest BCUT2D eigenvalue weighted by Crippen LogP contribution is 2.05. The van der Waals surface area contributed by atoms with E-state index in [9.17, 15) is 9.59 Å². The van der Waals surface area contributed by atoms with Gasteiger partial charge >= 0.3 is 5.97 Å². The Morgan fingerprint density at radius 3 is 2.75 bits per heavy atom. The number of ether oxygens (including phenoxy) is 1. The second-order valence-electron chi connectivity index (χ2n) is 4.70. The van der Waals surface area contributed by atoms with Crippen LogP contribution in [0.25, 0.3) is 0 Å². The van der Waals surface area contributed by atoms with Crippen molar-refractivity contribution in [3.05, 3.63) is 24.2 Å². The maximum absolute atomic E-state index is 11.5. The zero-order chi connectivity index (χ0) is 15.0. The molecule has 1 amide bonds. The molecule has 2 unspecified atom stereocenters. The molecule has 6 heteroatoms. The van der Waals surface area contributed by atoms with Gasteiger partial charge in [0.1, 0.15) is 11.8 Å². The lowest BCUT2D eigenvalue weighted by Crippen LogP contribution is -2.48. The van der Waals surface area contributed by atoms with Crippen molar-refractivity contribution in [2.45, 2.75) is 38.8 Å². The quantitative estimate of drug-likeness (QED) is 0.691. The first-order valence-electron chi connectivity index (χ1n) is 6.63. The van der Waals surface area contributed by atoms with Crippen molar-refractivity contribution in [3.8, 4) is 0 Å². The van der Waals surface area contributed by atoms with E-state index in [4.69, 9.17) is 4.42 Å². The summed E-state index contributed by atoms with van der Waals surface area (Å²) in [4.78, 5) is 22.6. The molecule has 1 aromatic heterocycles. The Labute approximate surface area is 118 Å². The van der Waals surface area contributed by atoms with Crippen LogP contribution in [-0.4, -0.2) is 37.6 Å². The third kappa shape index (κ3) is 5.88. The molecule has 0 spiro atoms. The summed E-state index contributed by atoms with van der Waals surface area (Å²) in [7, 11) is 1.30. The van der Waals surface area contributed by atoms with E-state index < -0.39 is 12.0 Å². The Kier molecular flexibility index (Phi) is 6.79. The van der Waals surface area contributed by atoms with Crippen molar-refractivity contribution in [1.82, 2.24) is 10.6 Å². The van der Waals surface area contributed by atoms with Gasteiger partial charge in [-0.2, -0.15) is 0 Å². The molecule has 0 saturated carbocycles. The summed E-state index contributed by atoms with van der Waals surface area (Å²) >= 11 is 0. The second-order valence-corrected chi connectivity index (χ2v) is 4.70. The number of esters is 1. The van der Waals surface area contributed by atoms with Gasteiger partial charge in [0.25, 0.3) is 0 Å². The predicted molar refractivity (Wildman–Crippen MR) is 74.1 cm³/mol. The van der Waals surface area contributed by atoms with Gasteiger partial charge in [-0.1, -0.05) is 0 Å². The summed E-state index contributed by atoms with van der Waals surface area (Å²) in [5.41, 5.74) is 0. The van der Waals surface area contributed by atoms with E-state index in [0.29, 0.717) is 6.54 Å². The average Bonchev–Trinajstić information content (AvgIpc) is 2.93. The zero-order valence-electron chi connectivity index (χ0n) is 12.1. The summed E-state index contributed by atoms with van der Waals surface area (Å²) in [6.07, 6.45) is 3.35. The molecule has 1 heterocycles. The molecule has 0 aliphatic rings. The Hall–Kier alpha value is -1.82. The van der Waals surface area contributed by atoms with Crippen molar-refractivity contribution >= 4 is 11.9 Å². The predicted octanol–water partition coefficient (Wildman–Crippen LogP) is 0.868. The summed E-state index contributed by atoms with van der Waals surface area (Å²) < 4.78 is 9.91. The standard InChI is InChI=1S/C14H22N2O4/c1-10(6-7-12-5-4-8-20-12)15-9-13(14(18)19-3)16-11(2)17/h4-5,8,10,13,15H,6-7,9H2,1-3H3,(H,16,17). The molecular weight excluding hydrogens is 260 g/mol. The molecule has 2 atom stereocenters. The van der Waals surface area contributed by atoms with E-state index in [2.05, 4.69) is 15.4 Å². The minimum absolute atomic E-state index is 0.195. The van der Waals surface area contributed by atoms with Crippen LogP contribution in [0.15, 0.2) is 22.8 Å². The average molecular weight is 282 g/mol. The van der Waals surface area contributed by atoms with Crippen molar-refractivity contribution in [2.24, 2.45) is 0 Å². The lowest BCUT2D eigenvalue weighted by molar-refractivity contribution is -0.144. The third-order valence-electron chi connectivity index (χ3n) is 2.94. The molecular formula is C14H22N2O4. The van der Waals surface area contributed by atoms with Gasteiger partial charge in [-0.15, -0.1) is 0 Å². The van der Waals surface area contributed by atoms with Crippen molar-refractivity contribution in [3.63, 3.8) is 0 Å². The molecule has 0 aliphatic carbocycles. The van der Waals surface area contributed by atoms with Crippen LogP contribution in [0.4, 0.5) is 0 Å². The van der Waals surface area contributed by atoms with Crippen LogP contribution >= 0.6 is 0 Å². The largest absolute Gasteiger partial charge is 0.469 e. The minimum atomic E-state index is -0.663. The van der Waals surface area contributed by atoms with Gasteiger partial charge in [0.05, 0.1) is 13.4 Å². The smallest absolute Gasteiger partial charge is 0.329 e. The SMILES string of the molecule is COC(=O)C(CNC(C)CCc1ccco1)NC(C)=O. The van der Waals surface area contributed by atoms with Gasteiger partial charge in [0, 0.05) is 25.9 Å². The van der Waals surface area contributed by atoms with E-state index in [1.165, 1.54) is 14.0 Å². The maximum Gasteiger partial charge on any atom is 0.329 e.